The summed E-state index contributed by atoms with van der Waals surface area (Å²) in [7, 11) is 2.13. The lowest BCUT2D eigenvalue weighted by Gasteiger charge is -2.34. The van der Waals surface area contributed by atoms with Gasteiger partial charge in [-0.3, -0.25) is 9.79 Å². The molecule has 1 aromatic carbocycles. The van der Waals surface area contributed by atoms with Crippen LogP contribution in [0.15, 0.2) is 59.8 Å². The molecule has 226 valence electrons. The lowest BCUT2D eigenvalue weighted by molar-refractivity contribution is -0.0128. The number of benzene rings is 1. The summed E-state index contributed by atoms with van der Waals surface area (Å²) in [5.74, 6) is -3.55. The number of piperazine rings is 1. The van der Waals surface area contributed by atoms with E-state index in [0.717, 1.165) is 50.1 Å². The number of nitrogens with zero attached hydrogens (tertiary/aromatic N) is 5. The van der Waals surface area contributed by atoms with Crippen molar-refractivity contribution in [1.82, 2.24) is 20.2 Å². The average molecular weight is 581 g/mol. The second-order valence-corrected chi connectivity index (χ2v) is 10.6. The molecule has 3 aliphatic rings. The Labute approximate surface area is 247 Å². The second kappa shape index (κ2) is 13.9. The quantitative estimate of drug-likeness (QED) is 0.338. The number of carbonyl (C=O) groups is 1. The monoisotopic (exact) mass is 580 g/mol. The van der Waals surface area contributed by atoms with Crippen LogP contribution in [-0.2, 0) is 0 Å². The zero-order valence-corrected chi connectivity index (χ0v) is 25.0. The minimum Gasteiger partial charge on any atom is -0.369 e. The smallest absolute Gasteiger partial charge is 0.256 e. The summed E-state index contributed by atoms with van der Waals surface area (Å²) in [6.45, 7) is 12.9. The van der Waals surface area contributed by atoms with E-state index in [-0.39, 0.29) is 23.8 Å². The number of aromatic nitrogens is 2. The van der Waals surface area contributed by atoms with Gasteiger partial charge in [0.05, 0.1) is 5.92 Å². The Hall–Kier alpha value is -3.86. The van der Waals surface area contributed by atoms with E-state index in [1.807, 2.05) is 32.1 Å². The molecule has 1 aromatic heterocycles. The number of halogens is 2. The van der Waals surface area contributed by atoms with Crippen molar-refractivity contribution in [2.24, 2.45) is 10.9 Å². The van der Waals surface area contributed by atoms with Crippen LogP contribution in [0.3, 0.4) is 0 Å². The second-order valence-electron chi connectivity index (χ2n) is 10.6. The highest BCUT2D eigenvalue weighted by Gasteiger charge is 2.43. The van der Waals surface area contributed by atoms with Crippen LogP contribution in [0.1, 0.15) is 50.4 Å². The lowest BCUT2D eigenvalue weighted by Crippen LogP contribution is -2.44. The lowest BCUT2D eigenvalue weighted by atomic mass is 9.96. The van der Waals surface area contributed by atoms with Gasteiger partial charge >= 0.3 is 0 Å². The molecular formula is C31H42F2N8O. The van der Waals surface area contributed by atoms with Crippen LogP contribution in [0.5, 0.6) is 0 Å². The molecule has 2 aliphatic heterocycles. The number of hydrogen-bond donors (Lipinski definition) is 3. The highest BCUT2D eigenvalue weighted by molar-refractivity contribution is 6.05. The topological polar surface area (TPSA) is 97.8 Å². The summed E-state index contributed by atoms with van der Waals surface area (Å²) in [6.07, 6.45) is 5.96. The Morgan fingerprint density at radius 3 is 2.55 bits per heavy atom. The van der Waals surface area contributed by atoms with Crippen LogP contribution < -0.4 is 20.9 Å². The fourth-order valence-electron chi connectivity index (χ4n) is 5.31. The Kier molecular flexibility index (Phi) is 10.3. The van der Waals surface area contributed by atoms with Gasteiger partial charge in [0.15, 0.2) is 0 Å². The van der Waals surface area contributed by atoms with Crippen LogP contribution in [-0.4, -0.2) is 78.3 Å². The van der Waals surface area contributed by atoms with E-state index >= 15 is 0 Å². The maximum atomic E-state index is 14.2. The fraction of sp³-hybridized carbons (Fsp3) is 0.484. The molecule has 0 radical (unpaired) electrons. The summed E-state index contributed by atoms with van der Waals surface area (Å²) in [5, 5.41) is 9.16. The first-order valence-electron chi connectivity index (χ1n) is 14.7. The number of fused-ring (bicyclic) bond motifs is 1. The molecule has 2 fully saturated rings. The molecule has 3 heterocycles. The van der Waals surface area contributed by atoms with Crippen LogP contribution >= 0.6 is 0 Å². The number of dihydropyridines is 1. The Morgan fingerprint density at radius 1 is 1.17 bits per heavy atom. The Morgan fingerprint density at radius 2 is 1.88 bits per heavy atom. The number of rotatable bonds is 9. The van der Waals surface area contributed by atoms with Gasteiger partial charge in [-0.2, -0.15) is 4.98 Å². The molecule has 11 heteroatoms. The molecule has 1 saturated heterocycles. The van der Waals surface area contributed by atoms with Gasteiger partial charge in [0, 0.05) is 69.4 Å². The van der Waals surface area contributed by atoms with Crippen LogP contribution in [0.2, 0.25) is 0 Å². The first kappa shape index (κ1) is 31.1. The molecule has 0 bridgehead atoms. The Balaban J connectivity index is 0.00000198. The van der Waals surface area contributed by atoms with Crippen molar-refractivity contribution in [2.75, 3.05) is 55.3 Å². The number of carbonyl (C=O) groups excluding carboxylic acids is 1. The summed E-state index contributed by atoms with van der Waals surface area (Å²) >= 11 is 0. The van der Waals surface area contributed by atoms with Crippen LogP contribution in [0, 0.1) is 5.92 Å². The number of alkyl halides is 2. The molecule has 5 rings (SSSR count). The number of hydrogen-bond acceptors (Lipinski definition) is 8. The number of nitrogens with one attached hydrogen (secondary N) is 3. The molecule has 2 unspecified atom stereocenters. The normalized spacial score (nSPS) is 20.4. The van der Waals surface area contributed by atoms with Gasteiger partial charge < -0.3 is 25.8 Å². The maximum absolute atomic E-state index is 14.2. The van der Waals surface area contributed by atoms with Gasteiger partial charge in [-0.05, 0) is 49.7 Å². The predicted molar refractivity (Wildman–Crippen MR) is 166 cm³/mol. The predicted octanol–water partition coefficient (Wildman–Crippen LogP) is 5.49. The van der Waals surface area contributed by atoms with Gasteiger partial charge in [0.1, 0.15) is 17.5 Å². The summed E-state index contributed by atoms with van der Waals surface area (Å²) in [5.41, 5.74) is 3.52. The van der Waals surface area contributed by atoms with Gasteiger partial charge in [-0.15, -0.1) is 6.58 Å². The third-order valence-corrected chi connectivity index (χ3v) is 7.59. The molecule has 1 saturated carbocycles. The molecule has 9 nitrogen and oxygen atoms in total. The van der Waals surface area contributed by atoms with Crippen molar-refractivity contribution in [3.8, 4) is 0 Å². The molecule has 3 N–H and O–H groups in total. The molecule has 2 atom stereocenters. The first-order chi connectivity index (χ1) is 20.2. The van der Waals surface area contributed by atoms with Gasteiger partial charge in [0.2, 0.25) is 5.95 Å². The zero-order valence-electron chi connectivity index (χ0n) is 25.0. The molecule has 0 spiro atoms. The van der Waals surface area contributed by atoms with Crippen molar-refractivity contribution in [3.05, 3.63) is 60.3 Å². The van der Waals surface area contributed by atoms with E-state index in [1.165, 1.54) is 6.20 Å². The number of allylic oxidation sites excluding steroid dienone is 1. The molecule has 1 aliphatic carbocycles. The van der Waals surface area contributed by atoms with Crippen molar-refractivity contribution < 1.29 is 13.6 Å². The number of aliphatic imine (C=N–C) groups is 1. The van der Waals surface area contributed by atoms with Gasteiger partial charge in [-0.25, -0.2) is 13.8 Å². The Bertz CT molecular complexity index is 1300. The van der Waals surface area contributed by atoms with Gasteiger partial charge in [0.25, 0.3) is 11.8 Å². The van der Waals surface area contributed by atoms with Crippen molar-refractivity contribution in [1.29, 1.82) is 0 Å². The number of anilines is 4. The van der Waals surface area contributed by atoms with Crippen LogP contribution in [0.25, 0.3) is 0 Å². The van der Waals surface area contributed by atoms with E-state index in [2.05, 4.69) is 66.5 Å². The first-order valence-corrected chi connectivity index (χ1v) is 14.7. The van der Waals surface area contributed by atoms with Crippen molar-refractivity contribution in [3.63, 3.8) is 0 Å². The standard InChI is InChI=1S/C29H36F2N8O.C2H6/c1-4-13-32-27(40)22-18-33-28(34-20-7-9-21(10-8-20)39-16-14-38(3)15-17-39)37-26(22)36-24-12-6-19-5-11-23(25(19)35-24)29(2,30)31;1-2/h4,6-10,18,23-24H,1,5,11-17H2,2-3H3,(H,32,40)(H2,33,34,36,37);1-2H3. The third-order valence-electron chi connectivity index (χ3n) is 7.59. The molecule has 42 heavy (non-hydrogen) atoms. The summed E-state index contributed by atoms with van der Waals surface area (Å²) < 4.78 is 28.4. The van der Waals surface area contributed by atoms with Crippen molar-refractivity contribution >= 4 is 34.8 Å². The third kappa shape index (κ3) is 7.50. The highest BCUT2D eigenvalue weighted by atomic mass is 19.3. The summed E-state index contributed by atoms with van der Waals surface area (Å²) in [4.78, 5) is 31.1. The highest BCUT2D eigenvalue weighted by Crippen LogP contribution is 2.40. The largest absolute Gasteiger partial charge is 0.369 e. The van der Waals surface area contributed by atoms with E-state index in [9.17, 15) is 13.6 Å². The van der Waals surface area contributed by atoms with E-state index in [0.29, 0.717) is 30.9 Å². The van der Waals surface area contributed by atoms with E-state index < -0.39 is 18.0 Å². The van der Waals surface area contributed by atoms with Crippen molar-refractivity contribution in [2.45, 2.75) is 52.1 Å². The van der Waals surface area contributed by atoms with Crippen LogP contribution in [0.4, 0.5) is 31.9 Å². The number of amides is 1. The molecular weight excluding hydrogens is 538 g/mol. The minimum absolute atomic E-state index is 0.233. The summed E-state index contributed by atoms with van der Waals surface area (Å²) in [6, 6.07) is 8.07. The maximum Gasteiger partial charge on any atom is 0.256 e. The fourth-order valence-corrected chi connectivity index (χ4v) is 5.31. The number of likely N-dealkylation sites (N-methyl/N-ethyl adjacent to an activating group) is 1. The SMILES string of the molecule is C=CCNC(=O)c1cnc(Nc2ccc(N3CCN(C)CC3)cc2)nc1NC1CC=C2CCC(C(C)(F)F)C2=N1.CC. The minimum atomic E-state index is -2.85. The molecule has 1 amide bonds. The van der Waals surface area contributed by atoms with E-state index in [4.69, 9.17) is 0 Å². The van der Waals surface area contributed by atoms with Gasteiger partial charge in [-0.1, -0.05) is 26.0 Å². The zero-order chi connectivity index (χ0) is 30.3. The molecule has 2 aromatic rings. The average Bonchev–Trinajstić information content (AvgIpc) is 3.42. The van der Waals surface area contributed by atoms with E-state index in [1.54, 1.807) is 6.08 Å².